The number of nitrogens with two attached hydrogens (primary N) is 1. The van der Waals surface area contributed by atoms with E-state index in [0.717, 1.165) is 23.5 Å². The molecule has 4 aromatic heterocycles. The van der Waals surface area contributed by atoms with Gasteiger partial charge in [-0.1, -0.05) is 0 Å². The molecule has 0 aliphatic carbocycles. The number of carbonyl (C=O) groups is 1. The van der Waals surface area contributed by atoms with Crippen molar-refractivity contribution in [3.63, 3.8) is 0 Å². The zero-order chi connectivity index (χ0) is 20.6. The van der Waals surface area contributed by atoms with Crippen LogP contribution in [-0.4, -0.2) is 25.5 Å². The van der Waals surface area contributed by atoms with E-state index >= 15 is 0 Å². The average molecular weight is 418 g/mol. The number of hydrogen-bond donors (Lipinski definition) is 2. The van der Waals surface area contributed by atoms with E-state index < -0.39 is 17.6 Å². The van der Waals surface area contributed by atoms with Crippen molar-refractivity contribution < 1.29 is 18.0 Å². The molecule has 7 nitrogen and oxygen atoms in total. The molecule has 0 fully saturated rings. The Morgan fingerprint density at radius 2 is 2.03 bits per heavy atom. The van der Waals surface area contributed by atoms with Crippen molar-refractivity contribution in [2.45, 2.75) is 12.7 Å². The first-order valence-corrected chi connectivity index (χ1v) is 9.12. The number of rotatable bonds is 4. The number of carbonyl (C=O) groups excluding carboxylic acids is 1. The molecule has 0 radical (unpaired) electrons. The number of alkyl halides is 3. The van der Waals surface area contributed by atoms with Gasteiger partial charge in [-0.25, -0.2) is 9.50 Å². The zero-order valence-electron chi connectivity index (χ0n) is 14.6. The van der Waals surface area contributed by atoms with Crippen LogP contribution in [0.1, 0.15) is 21.1 Å². The first kappa shape index (κ1) is 18.9. The lowest BCUT2D eigenvalue weighted by Gasteiger charge is -2.06. The lowest BCUT2D eigenvalue weighted by molar-refractivity contribution is -0.137. The van der Waals surface area contributed by atoms with Gasteiger partial charge in [0.15, 0.2) is 5.01 Å². The molecule has 0 aliphatic heterocycles. The smallest absolute Gasteiger partial charge is 0.399 e. The Hall–Kier alpha value is -3.47. The molecule has 0 aliphatic rings. The third-order valence-electron chi connectivity index (χ3n) is 4.08. The third-order valence-corrected chi connectivity index (χ3v) is 5.11. The predicted molar refractivity (Wildman–Crippen MR) is 101 cm³/mol. The van der Waals surface area contributed by atoms with Crippen molar-refractivity contribution in [3.05, 3.63) is 65.3 Å². The Morgan fingerprint density at radius 1 is 1.21 bits per heavy atom. The summed E-state index contributed by atoms with van der Waals surface area (Å²) < 4.78 is 40.4. The number of nitrogens with zero attached hydrogens (tertiary/aromatic N) is 4. The minimum atomic E-state index is -4.46. The van der Waals surface area contributed by atoms with Crippen LogP contribution < -0.4 is 11.1 Å². The maximum atomic E-state index is 13.0. The molecule has 0 aromatic carbocycles. The van der Waals surface area contributed by atoms with Gasteiger partial charge >= 0.3 is 6.18 Å². The molecule has 4 heterocycles. The summed E-state index contributed by atoms with van der Waals surface area (Å²) in [5, 5.41) is 6.93. The van der Waals surface area contributed by atoms with Crippen LogP contribution in [0.3, 0.4) is 0 Å². The summed E-state index contributed by atoms with van der Waals surface area (Å²) in [7, 11) is 0. The molecule has 4 rings (SSSR count). The van der Waals surface area contributed by atoms with Crippen LogP contribution in [0.5, 0.6) is 0 Å². The summed E-state index contributed by atoms with van der Waals surface area (Å²) in [6, 6.07) is 5.26. The van der Waals surface area contributed by atoms with Crippen LogP contribution in [-0.2, 0) is 12.7 Å². The van der Waals surface area contributed by atoms with Gasteiger partial charge < -0.3 is 11.1 Å². The Labute approximate surface area is 166 Å². The summed E-state index contributed by atoms with van der Waals surface area (Å²) in [6.45, 7) is 0.171. The Morgan fingerprint density at radius 3 is 2.79 bits per heavy atom. The lowest BCUT2D eigenvalue weighted by atomic mass is 10.2. The molecule has 0 saturated heterocycles. The fraction of sp³-hybridized carbons (Fsp3) is 0.111. The molecule has 1 amide bonds. The van der Waals surface area contributed by atoms with E-state index in [1.165, 1.54) is 23.1 Å². The highest BCUT2D eigenvalue weighted by Gasteiger charge is 2.31. The number of halogens is 3. The minimum Gasteiger partial charge on any atom is -0.399 e. The normalized spacial score (nSPS) is 11.7. The zero-order valence-corrected chi connectivity index (χ0v) is 15.5. The van der Waals surface area contributed by atoms with Gasteiger partial charge in [0.05, 0.1) is 34.4 Å². The van der Waals surface area contributed by atoms with E-state index in [-0.39, 0.29) is 17.1 Å². The van der Waals surface area contributed by atoms with Crippen molar-refractivity contribution in [1.82, 2.24) is 24.9 Å². The van der Waals surface area contributed by atoms with Gasteiger partial charge in [-0.15, -0.1) is 11.3 Å². The molecule has 3 N–H and O–H groups in total. The van der Waals surface area contributed by atoms with E-state index in [1.54, 1.807) is 18.3 Å². The number of anilines is 1. The summed E-state index contributed by atoms with van der Waals surface area (Å²) in [5.74, 6) is -0.419. The monoisotopic (exact) mass is 418 g/mol. The van der Waals surface area contributed by atoms with Crippen LogP contribution >= 0.6 is 11.3 Å². The molecular weight excluding hydrogens is 405 g/mol. The van der Waals surface area contributed by atoms with Gasteiger partial charge in [-0.05, 0) is 24.3 Å². The number of thiazole rings is 1. The molecule has 4 aromatic rings. The van der Waals surface area contributed by atoms with E-state index in [2.05, 4.69) is 20.4 Å². The fourth-order valence-corrected chi connectivity index (χ4v) is 3.54. The van der Waals surface area contributed by atoms with E-state index in [1.807, 2.05) is 0 Å². The highest BCUT2D eigenvalue weighted by molar-refractivity contribution is 7.17. The van der Waals surface area contributed by atoms with E-state index in [0.29, 0.717) is 21.8 Å². The molecule has 0 saturated carbocycles. The summed E-state index contributed by atoms with van der Waals surface area (Å²) in [4.78, 5) is 21.1. The molecule has 11 heteroatoms. The number of nitrogens with one attached hydrogen (secondary N) is 1. The van der Waals surface area contributed by atoms with Crippen molar-refractivity contribution in [3.8, 4) is 10.4 Å². The van der Waals surface area contributed by atoms with Gasteiger partial charge in [0.2, 0.25) is 0 Å². The topological polar surface area (TPSA) is 98.2 Å². The number of pyridine rings is 2. The molecule has 29 heavy (non-hydrogen) atoms. The SMILES string of the molecule is Nc1ccnc(CNC(=O)c2ncc(-c3cnn4ccc(C(F)(F)F)cc34)s2)c1. The number of amides is 1. The highest BCUT2D eigenvalue weighted by atomic mass is 32.1. The van der Waals surface area contributed by atoms with Gasteiger partial charge in [-0.3, -0.25) is 9.78 Å². The van der Waals surface area contributed by atoms with Gasteiger partial charge in [0.1, 0.15) is 0 Å². The maximum absolute atomic E-state index is 13.0. The van der Waals surface area contributed by atoms with Crippen LogP contribution in [0.25, 0.3) is 16.0 Å². The standard InChI is InChI=1S/C18H13F3N6OS/c19-18(20,21)10-2-4-27-14(5-10)13(8-26-27)15-9-25-17(29-15)16(28)24-7-12-6-11(22)1-3-23-12/h1-6,8-9H,7H2,(H2,22,23)(H,24,28). The Kier molecular flexibility index (Phi) is 4.66. The van der Waals surface area contributed by atoms with Crippen molar-refractivity contribution >= 4 is 28.4 Å². The third kappa shape index (κ3) is 3.90. The Balaban J connectivity index is 1.56. The van der Waals surface area contributed by atoms with Crippen molar-refractivity contribution in [1.29, 1.82) is 0 Å². The fourth-order valence-electron chi connectivity index (χ4n) is 2.69. The minimum absolute atomic E-state index is 0.171. The molecule has 148 valence electrons. The van der Waals surface area contributed by atoms with E-state index in [4.69, 9.17) is 5.73 Å². The summed E-state index contributed by atoms with van der Waals surface area (Å²) in [5.41, 5.74) is 6.77. The lowest BCUT2D eigenvalue weighted by Crippen LogP contribution is -2.23. The van der Waals surface area contributed by atoms with Gasteiger partial charge in [0, 0.05) is 29.8 Å². The molecule has 0 unspecified atom stereocenters. The highest BCUT2D eigenvalue weighted by Crippen LogP contribution is 2.34. The van der Waals surface area contributed by atoms with Crippen LogP contribution in [0.15, 0.2) is 49.1 Å². The number of aromatic nitrogens is 4. The van der Waals surface area contributed by atoms with Crippen LogP contribution in [0, 0.1) is 0 Å². The Bertz CT molecular complexity index is 1200. The second kappa shape index (κ2) is 7.17. The molecule has 0 spiro atoms. The second-order valence-corrected chi connectivity index (χ2v) is 7.12. The first-order valence-electron chi connectivity index (χ1n) is 8.30. The maximum Gasteiger partial charge on any atom is 0.416 e. The number of fused-ring (bicyclic) bond motifs is 1. The van der Waals surface area contributed by atoms with Crippen LogP contribution in [0.2, 0.25) is 0 Å². The molecule has 0 bridgehead atoms. The predicted octanol–water partition coefficient (Wildman–Crippen LogP) is 3.38. The van der Waals surface area contributed by atoms with Gasteiger partial charge in [-0.2, -0.15) is 18.3 Å². The van der Waals surface area contributed by atoms with E-state index in [9.17, 15) is 18.0 Å². The van der Waals surface area contributed by atoms with Gasteiger partial charge in [0.25, 0.3) is 5.91 Å². The number of nitrogen functional groups attached to an aromatic ring is 1. The summed E-state index contributed by atoms with van der Waals surface area (Å²) >= 11 is 1.06. The largest absolute Gasteiger partial charge is 0.416 e. The summed E-state index contributed by atoms with van der Waals surface area (Å²) in [6.07, 6.45) is 1.21. The van der Waals surface area contributed by atoms with Crippen molar-refractivity contribution in [2.75, 3.05) is 5.73 Å². The average Bonchev–Trinajstić information content (AvgIpc) is 3.31. The molecular formula is C18H13F3N6OS. The van der Waals surface area contributed by atoms with Crippen molar-refractivity contribution in [2.24, 2.45) is 0 Å². The van der Waals surface area contributed by atoms with Crippen LogP contribution in [0.4, 0.5) is 18.9 Å². The quantitative estimate of drug-likeness (QED) is 0.529. The second-order valence-electron chi connectivity index (χ2n) is 6.09. The first-order chi connectivity index (χ1) is 13.8. The molecule has 0 atom stereocenters. The number of hydrogen-bond acceptors (Lipinski definition) is 6.